The van der Waals surface area contributed by atoms with Crippen molar-refractivity contribution in [3.63, 3.8) is 0 Å². The van der Waals surface area contributed by atoms with E-state index in [-0.39, 0.29) is 6.42 Å². The first-order valence-corrected chi connectivity index (χ1v) is 7.64. The summed E-state index contributed by atoms with van der Waals surface area (Å²) in [5.74, 6) is 0.202. The van der Waals surface area contributed by atoms with E-state index in [1.807, 2.05) is 18.2 Å². The lowest BCUT2D eigenvalue weighted by Gasteiger charge is -1.99. The molecular weight excluding hydrogens is 392 g/mol. The lowest BCUT2D eigenvalue weighted by molar-refractivity contribution is -0.137. The van der Waals surface area contributed by atoms with E-state index in [0.717, 1.165) is 20.9 Å². The quantitative estimate of drug-likeness (QED) is 0.736. The first-order valence-electron chi connectivity index (χ1n) is 6.06. The van der Waals surface area contributed by atoms with E-state index in [1.165, 1.54) is 0 Å². The van der Waals surface area contributed by atoms with Crippen molar-refractivity contribution in [3.8, 4) is 11.5 Å². The zero-order valence-corrected chi connectivity index (χ0v) is 13.6. The summed E-state index contributed by atoms with van der Waals surface area (Å²) in [4.78, 5) is 10.4. The summed E-state index contributed by atoms with van der Waals surface area (Å²) >= 11 is 6.83. The van der Waals surface area contributed by atoms with Crippen molar-refractivity contribution in [1.29, 1.82) is 0 Å². The molecule has 1 aromatic heterocycles. The average molecular weight is 404 g/mol. The van der Waals surface area contributed by atoms with Crippen LogP contribution in [0.5, 0.6) is 0 Å². The molecule has 0 unspecified atom stereocenters. The number of nitrogens with zero attached hydrogens (tertiary/aromatic N) is 2. The smallest absolute Gasteiger partial charge is 0.303 e. The Morgan fingerprint density at radius 3 is 2.75 bits per heavy atom. The molecule has 0 fully saturated rings. The van der Waals surface area contributed by atoms with Gasteiger partial charge in [0.15, 0.2) is 0 Å². The Balaban J connectivity index is 1.99. The van der Waals surface area contributed by atoms with Crippen LogP contribution >= 0.6 is 31.9 Å². The minimum Gasteiger partial charge on any atom is -0.481 e. The number of rotatable bonds is 6. The molecule has 0 spiro atoms. The van der Waals surface area contributed by atoms with Gasteiger partial charge in [0.05, 0.1) is 5.56 Å². The van der Waals surface area contributed by atoms with Gasteiger partial charge in [0.25, 0.3) is 0 Å². The molecule has 0 aliphatic heterocycles. The van der Waals surface area contributed by atoms with Crippen LogP contribution in [-0.4, -0.2) is 21.3 Å². The second-order valence-electron chi connectivity index (χ2n) is 4.23. The van der Waals surface area contributed by atoms with E-state index >= 15 is 0 Å². The summed E-state index contributed by atoms with van der Waals surface area (Å²) in [5, 5.41) is 16.5. The SMILES string of the molecule is O=C(O)CCCCc1nnc(-c2ccc(Br)cc2Br)o1. The Kier molecular flexibility index (Phi) is 5.31. The average Bonchev–Trinajstić information content (AvgIpc) is 2.83. The highest BCUT2D eigenvalue weighted by Crippen LogP contribution is 2.30. The van der Waals surface area contributed by atoms with E-state index in [2.05, 4.69) is 42.1 Å². The largest absolute Gasteiger partial charge is 0.481 e. The number of hydrogen-bond donors (Lipinski definition) is 1. The molecular formula is C13H12Br2N2O3. The third-order valence-electron chi connectivity index (χ3n) is 2.66. The van der Waals surface area contributed by atoms with Gasteiger partial charge in [-0.1, -0.05) is 15.9 Å². The van der Waals surface area contributed by atoms with Crippen LogP contribution in [0.25, 0.3) is 11.5 Å². The van der Waals surface area contributed by atoms with Crippen LogP contribution in [0.2, 0.25) is 0 Å². The Labute approximate surface area is 132 Å². The lowest BCUT2D eigenvalue weighted by Crippen LogP contribution is -1.95. The third-order valence-corrected chi connectivity index (χ3v) is 3.81. The van der Waals surface area contributed by atoms with Crippen molar-refractivity contribution < 1.29 is 14.3 Å². The maximum atomic E-state index is 10.4. The molecule has 106 valence electrons. The number of hydrogen-bond acceptors (Lipinski definition) is 4. The second kappa shape index (κ2) is 6.99. The van der Waals surface area contributed by atoms with Crippen LogP contribution in [0.15, 0.2) is 31.6 Å². The van der Waals surface area contributed by atoms with Gasteiger partial charge in [0.2, 0.25) is 11.8 Å². The van der Waals surface area contributed by atoms with Gasteiger partial charge < -0.3 is 9.52 Å². The van der Waals surface area contributed by atoms with Gasteiger partial charge in [-0.2, -0.15) is 0 Å². The molecule has 5 nitrogen and oxygen atoms in total. The molecule has 0 aliphatic rings. The minimum absolute atomic E-state index is 0.166. The summed E-state index contributed by atoms with van der Waals surface area (Å²) in [6.45, 7) is 0. The normalized spacial score (nSPS) is 10.7. The molecule has 2 rings (SSSR count). The fourth-order valence-corrected chi connectivity index (χ4v) is 2.90. The van der Waals surface area contributed by atoms with Crippen molar-refractivity contribution in [2.75, 3.05) is 0 Å². The Hall–Kier alpha value is -1.21. The summed E-state index contributed by atoms with van der Waals surface area (Å²) in [6.07, 6.45) is 2.08. The van der Waals surface area contributed by atoms with Crippen LogP contribution < -0.4 is 0 Å². The van der Waals surface area contributed by atoms with Crippen molar-refractivity contribution in [2.24, 2.45) is 0 Å². The number of unbranched alkanes of at least 4 members (excludes halogenated alkanes) is 1. The predicted molar refractivity (Wildman–Crippen MR) is 80.3 cm³/mol. The Bertz CT molecular complexity index is 613. The second-order valence-corrected chi connectivity index (χ2v) is 6.00. The van der Waals surface area contributed by atoms with Crippen LogP contribution in [0.4, 0.5) is 0 Å². The number of carboxylic acid groups (broad SMARTS) is 1. The minimum atomic E-state index is -0.782. The molecule has 7 heteroatoms. The van der Waals surface area contributed by atoms with Gasteiger partial charge in [-0.15, -0.1) is 10.2 Å². The Morgan fingerprint density at radius 2 is 2.05 bits per heavy atom. The standard InChI is InChI=1S/C13H12Br2N2O3/c14-8-5-6-9(10(15)7-8)13-17-16-11(20-13)3-1-2-4-12(18)19/h5-7H,1-4H2,(H,18,19). The fraction of sp³-hybridized carbons (Fsp3) is 0.308. The van der Waals surface area contributed by atoms with Crippen LogP contribution in [-0.2, 0) is 11.2 Å². The molecule has 0 amide bonds. The van der Waals surface area contributed by atoms with E-state index in [1.54, 1.807) is 0 Å². The predicted octanol–water partition coefficient (Wildman–Crippen LogP) is 4.06. The molecule has 0 bridgehead atoms. The monoisotopic (exact) mass is 402 g/mol. The fourth-order valence-electron chi connectivity index (χ4n) is 1.68. The first-order chi connectivity index (χ1) is 9.56. The number of halogens is 2. The number of aryl methyl sites for hydroxylation is 1. The van der Waals surface area contributed by atoms with Crippen LogP contribution in [0.1, 0.15) is 25.2 Å². The number of carbonyl (C=O) groups is 1. The third kappa shape index (κ3) is 4.14. The van der Waals surface area contributed by atoms with Gasteiger partial charge in [-0.05, 0) is 47.0 Å². The number of carboxylic acids is 1. The van der Waals surface area contributed by atoms with Crippen molar-refractivity contribution >= 4 is 37.8 Å². The molecule has 0 saturated carbocycles. The highest BCUT2D eigenvalue weighted by Gasteiger charge is 2.12. The van der Waals surface area contributed by atoms with Gasteiger partial charge >= 0.3 is 5.97 Å². The molecule has 1 aromatic carbocycles. The van der Waals surface area contributed by atoms with E-state index in [9.17, 15) is 4.79 Å². The van der Waals surface area contributed by atoms with Crippen molar-refractivity contribution in [2.45, 2.75) is 25.7 Å². The topological polar surface area (TPSA) is 76.2 Å². The molecule has 0 radical (unpaired) electrons. The first kappa shape index (κ1) is 15.2. The van der Waals surface area contributed by atoms with E-state index in [0.29, 0.717) is 24.6 Å². The molecule has 20 heavy (non-hydrogen) atoms. The molecule has 2 aromatic rings. The number of aliphatic carboxylic acids is 1. The van der Waals surface area contributed by atoms with E-state index in [4.69, 9.17) is 9.52 Å². The van der Waals surface area contributed by atoms with Gasteiger partial charge in [-0.3, -0.25) is 4.79 Å². The Morgan fingerprint density at radius 1 is 1.25 bits per heavy atom. The molecule has 1 heterocycles. The van der Waals surface area contributed by atoms with Crippen molar-refractivity contribution in [3.05, 3.63) is 33.0 Å². The summed E-state index contributed by atoms with van der Waals surface area (Å²) < 4.78 is 7.41. The summed E-state index contributed by atoms with van der Waals surface area (Å²) in [5.41, 5.74) is 0.831. The summed E-state index contributed by atoms with van der Waals surface area (Å²) in [6, 6.07) is 5.69. The molecule has 0 atom stereocenters. The van der Waals surface area contributed by atoms with Crippen LogP contribution in [0.3, 0.4) is 0 Å². The van der Waals surface area contributed by atoms with Gasteiger partial charge in [-0.25, -0.2) is 0 Å². The van der Waals surface area contributed by atoms with E-state index < -0.39 is 5.97 Å². The van der Waals surface area contributed by atoms with Crippen molar-refractivity contribution in [1.82, 2.24) is 10.2 Å². The molecule has 1 N–H and O–H groups in total. The van der Waals surface area contributed by atoms with Crippen LogP contribution in [0, 0.1) is 0 Å². The number of benzene rings is 1. The molecule has 0 aliphatic carbocycles. The summed E-state index contributed by atoms with van der Waals surface area (Å²) in [7, 11) is 0. The van der Waals surface area contributed by atoms with Gasteiger partial charge in [0.1, 0.15) is 0 Å². The highest BCUT2D eigenvalue weighted by atomic mass is 79.9. The maximum absolute atomic E-state index is 10.4. The lowest BCUT2D eigenvalue weighted by atomic mass is 10.2. The highest BCUT2D eigenvalue weighted by molar-refractivity contribution is 9.11. The van der Waals surface area contributed by atoms with Gasteiger partial charge in [0, 0.05) is 21.8 Å². The zero-order valence-electron chi connectivity index (χ0n) is 10.5. The zero-order chi connectivity index (χ0) is 14.5. The number of aromatic nitrogens is 2. The molecule has 0 saturated heterocycles. The maximum Gasteiger partial charge on any atom is 0.303 e.